The van der Waals surface area contributed by atoms with Crippen LogP contribution in [-0.2, 0) is 9.84 Å². The zero-order chi connectivity index (χ0) is 11.8. The third-order valence-electron chi connectivity index (χ3n) is 4.29. The number of nitrogens with one attached hydrogen (secondary N) is 1. The van der Waals surface area contributed by atoms with Gasteiger partial charge in [0.05, 0.1) is 10.5 Å². The Kier molecular flexibility index (Phi) is 3.59. The molecular weight excluding hydrogens is 222 g/mol. The summed E-state index contributed by atoms with van der Waals surface area (Å²) >= 11 is 0. The Morgan fingerprint density at radius 1 is 1.25 bits per heavy atom. The molecule has 0 aromatic heterocycles. The molecule has 2 rings (SSSR count). The van der Waals surface area contributed by atoms with Crippen LogP contribution in [0.4, 0.5) is 0 Å². The molecule has 94 valence electrons. The molecule has 0 aliphatic carbocycles. The minimum absolute atomic E-state index is 0.0410. The van der Waals surface area contributed by atoms with Gasteiger partial charge in [-0.3, -0.25) is 0 Å². The summed E-state index contributed by atoms with van der Waals surface area (Å²) in [6.45, 7) is 5.46. The van der Waals surface area contributed by atoms with Gasteiger partial charge in [-0.2, -0.15) is 0 Å². The second kappa shape index (κ2) is 4.65. The van der Waals surface area contributed by atoms with Crippen molar-refractivity contribution < 1.29 is 8.42 Å². The lowest BCUT2D eigenvalue weighted by molar-refractivity contribution is 0.393. The van der Waals surface area contributed by atoms with Crippen LogP contribution in [0.15, 0.2) is 0 Å². The minimum atomic E-state index is -2.75. The Labute approximate surface area is 98.9 Å². The first-order valence-electron chi connectivity index (χ1n) is 6.50. The molecule has 3 unspecified atom stereocenters. The number of hydrogen-bond donors (Lipinski definition) is 1. The number of sulfone groups is 1. The lowest BCUT2D eigenvalue weighted by Gasteiger charge is -2.29. The van der Waals surface area contributed by atoms with Crippen LogP contribution in [0.2, 0.25) is 0 Å². The van der Waals surface area contributed by atoms with E-state index in [9.17, 15) is 8.42 Å². The average Bonchev–Trinajstić information content (AvgIpc) is 2.47. The molecule has 2 saturated heterocycles. The van der Waals surface area contributed by atoms with E-state index in [1.807, 2.05) is 0 Å². The highest BCUT2D eigenvalue weighted by Crippen LogP contribution is 2.38. The summed E-state index contributed by atoms with van der Waals surface area (Å²) in [5.41, 5.74) is 0. The number of fused-ring (bicyclic) bond motifs is 2. The Hall–Kier alpha value is -0.0900. The van der Waals surface area contributed by atoms with Crippen molar-refractivity contribution in [2.75, 3.05) is 6.54 Å². The standard InChI is InChI=1S/C12H23NO2S/c1-3-9(2)8-13-10-6-11-4-5-12(7-10)16(11,14)15/h9-13H,3-8H2,1-2H3. The molecule has 0 aromatic carbocycles. The van der Waals surface area contributed by atoms with Crippen LogP contribution in [0.5, 0.6) is 0 Å². The van der Waals surface area contributed by atoms with Crippen LogP contribution in [-0.4, -0.2) is 31.5 Å². The van der Waals surface area contributed by atoms with Crippen molar-refractivity contribution in [1.29, 1.82) is 0 Å². The molecule has 2 bridgehead atoms. The maximum absolute atomic E-state index is 11.9. The van der Waals surface area contributed by atoms with Gasteiger partial charge in [-0.15, -0.1) is 0 Å². The number of rotatable bonds is 4. The zero-order valence-electron chi connectivity index (χ0n) is 10.3. The molecular formula is C12H23NO2S. The van der Waals surface area contributed by atoms with Gasteiger partial charge in [0, 0.05) is 6.04 Å². The zero-order valence-corrected chi connectivity index (χ0v) is 11.1. The second-order valence-electron chi connectivity index (χ2n) is 5.50. The summed E-state index contributed by atoms with van der Waals surface area (Å²) in [5, 5.41) is 3.46. The Morgan fingerprint density at radius 2 is 1.81 bits per heavy atom. The lowest BCUT2D eigenvalue weighted by Crippen LogP contribution is -2.44. The van der Waals surface area contributed by atoms with Crippen LogP contribution in [0.3, 0.4) is 0 Å². The van der Waals surface area contributed by atoms with Gasteiger partial charge in [-0.25, -0.2) is 8.42 Å². The Morgan fingerprint density at radius 3 is 2.31 bits per heavy atom. The highest BCUT2D eigenvalue weighted by atomic mass is 32.2. The molecule has 16 heavy (non-hydrogen) atoms. The molecule has 1 N–H and O–H groups in total. The molecule has 2 aliphatic rings. The van der Waals surface area contributed by atoms with Crippen molar-refractivity contribution in [3.63, 3.8) is 0 Å². The maximum Gasteiger partial charge on any atom is 0.156 e. The molecule has 2 aliphatic heterocycles. The SMILES string of the molecule is CCC(C)CNC1CC2CCC(C1)S2(=O)=O. The molecule has 0 amide bonds. The molecule has 0 saturated carbocycles. The van der Waals surface area contributed by atoms with E-state index < -0.39 is 9.84 Å². The van der Waals surface area contributed by atoms with Gasteiger partial charge in [0.1, 0.15) is 0 Å². The Bertz CT molecular complexity index is 319. The molecule has 3 nitrogen and oxygen atoms in total. The van der Waals surface area contributed by atoms with E-state index in [2.05, 4.69) is 19.2 Å². The summed E-state index contributed by atoms with van der Waals surface area (Å²) in [4.78, 5) is 0. The predicted octanol–water partition coefficient (Wildman–Crippen LogP) is 1.73. The third kappa shape index (κ3) is 2.28. The number of hydrogen-bond acceptors (Lipinski definition) is 3. The van der Waals surface area contributed by atoms with Gasteiger partial charge in [0.15, 0.2) is 9.84 Å². The molecule has 0 radical (unpaired) electrons. The smallest absolute Gasteiger partial charge is 0.156 e. The van der Waals surface area contributed by atoms with Gasteiger partial charge < -0.3 is 5.32 Å². The van der Waals surface area contributed by atoms with Crippen molar-refractivity contribution in [1.82, 2.24) is 5.32 Å². The molecule has 4 heteroatoms. The van der Waals surface area contributed by atoms with E-state index in [1.54, 1.807) is 0 Å². The van der Waals surface area contributed by atoms with Crippen LogP contribution in [0.25, 0.3) is 0 Å². The summed E-state index contributed by atoms with van der Waals surface area (Å²) < 4.78 is 23.8. The highest BCUT2D eigenvalue weighted by molar-refractivity contribution is 7.93. The first kappa shape index (κ1) is 12.4. The van der Waals surface area contributed by atoms with Crippen molar-refractivity contribution in [3.8, 4) is 0 Å². The first-order chi connectivity index (χ1) is 7.54. The molecule has 2 heterocycles. The average molecular weight is 245 g/mol. The van der Waals surface area contributed by atoms with E-state index >= 15 is 0 Å². The van der Waals surface area contributed by atoms with E-state index in [4.69, 9.17) is 0 Å². The maximum atomic E-state index is 11.9. The van der Waals surface area contributed by atoms with Gasteiger partial charge in [-0.05, 0) is 38.1 Å². The van der Waals surface area contributed by atoms with Gasteiger partial charge in [0.25, 0.3) is 0 Å². The lowest BCUT2D eigenvalue weighted by atomic mass is 10.1. The summed E-state index contributed by atoms with van der Waals surface area (Å²) in [5.74, 6) is 0.691. The summed E-state index contributed by atoms with van der Waals surface area (Å²) in [7, 11) is -2.75. The van der Waals surface area contributed by atoms with E-state index in [0.717, 1.165) is 32.2 Å². The topological polar surface area (TPSA) is 46.2 Å². The van der Waals surface area contributed by atoms with Gasteiger partial charge in [-0.1, -0.05) is 20.3 Å². The molecule has 0 spiro atoms. The van der Waals surface area contributed by atoms with Crippen LogP contribution >= 0.6 is 0 Å². The fourth-order valence-corrected chi connectivity index (χ4v) is 5.36. The van der Waals surface area contributed by atoms with Crippen molar-refractivity contribution in [2.45, 2.75) is 62.5 Å². The van der Waals surface area contributed by atoms with E-state index in [1.165, 1.54) is 6.42 Å². The monoisotopic (exact) mass is 245 g/mol. The normalized spacial score (nSPS) is 38.5. The quantitative estimate of drug-likeness (QED) is 0.820. The van der Waals surface area contributed by atoms with Crippen LogP contribution in [0, 0.1) is 5.92 Å². The van der Waals surface area contributed by atoms with Gasteiger partial charge >= 0.3 is 0 Å². The Balaban J connectivity index is 1.89. The fourth-order valence-electron chi connectivity index (χ4n) is 2.89. The second-order valence-corrected chi connectivity index (χ2v) is 8.01. The van der Waals surface area contributed by atoms with Gasteiger partial charge in [0.2, 0.25) is 0 Å². The summed E-state index contributed by atoms with van der Waals surface area (Å²) in [6, 6.07) is 0.440. The highest BCUT2D eigenvalue weighted by Gasteiger charge is 2.46. The fraction of sp³-hybridized carbons (Fsp3) is 1.00. The molecule has 0 aromatic rings. The van der Waals surface area contributed by atoms with Crippen LogP contribution < -0.4 is 5.32 Å². The van der Waals surface area contributed by atoms with E-state index in [-0.39, 0.29) is 10.5 Å². The largest absolute Gasteiger partial charge is 0.314 e. The summed E-state index contributed by atoms with van der Waals surface area (Å²) in [6.07, 6.45) is 4.67. The predicted molar refractivity (Wildman–Crippen MR) is 66.2 cm³/mol. The molecule has 2 fully saturated rings. The van der Waals surface area contributed by atoms with Crippen molar-refractivity contribution in [3.05, 3.63) is 0 Å². The third-order valence-corrected chi connectivity index (χ3v) is 7.00. The minimum Gasteiger partial charge on any atom is -0.314 e. The van der Waals surface area contributed by atoms with Crippen molar-refractivity contribution in [2.24, 2.45) is 5.92 Å². The van der Waals surface area contributed by atoms with Crippen molar-refractivity contribution >= 4 is 9.84 Å². The molecule has 3 atom stereocenters. The van der Waals surface area contributed by atoms with E-state index in [0.29, 0.717) is 12.0 Å². The first-order valence-corrected chi connectivity index (χ1v) is 8.11. The van der Waals surface area contributed by atoms with Crippen LogP contribution in [0.1, 0.15) is 46.0 Å².